The lowest BCUT2D eigenvalue weighted by molar-refractivity contribution is 0.113. The Kier molecular flexibility index (Phi) is 7.40. The molecular formula is C20H29FN6O2. The predicted octanol–water partition coefficient (Wildman–Crippen LogP) is 1.94. The molecule has 9 heteroatoms. The van der Waals surface area contributed by atoms with Gasteiger partial charge in [0.2, 0.25) is 0 Å². The highest BCUT2D eigenvalue weighted by atomic mass is 19.1. The molecule has 1 aromatic carbocycles. The average molecular weight is 404 g/mol. The molecule has 8 nitrogen and oxygen atoms in total. The Bertz CT molecular complexity index is 819. The Labute approximate surface area is 170 Å². The van der Waals surface area contributed by atoms with Crippen LogP contribution in [0, 0.1) is 12.7 Å². The topological polar surface area (TPSA) is 85.6 Å². The Morgan fingerprint density at radius 1 is 1.38 bits per heavy atom. The second-order valence-electron chi connectivity index (χ2n) is 7.14. The van der Waals surface area contributed by atoms with Gasteiger partial charge in [0.15, 0.2) is 23.4 Å². The fraction of sp³-hybridized carbons (Fsp3) is 0.550. The zero-order valence-electron chi connectivity index (χ0n) is 17.2. The summed E-state index contributed by atoms with van der Waals surface area (Å²) in [6.45, 7) is 6.11. The molecule has 158 valence electrons. The summed E-state index contributed by atoms with van der Waals surface area (Å²) in [5.74, 6) is 2.11. The second-order valence-corrected chi connectivity index (χ2v) is 7.14. The molecule has 2 atom stereocenters. The summed E-state index contributed by atoms with van der Waals surface area (Å²) in [6, 6.07) is 6.39. The van der Waals surface area contributed by atoms with Crippen molar-refractivity contribution in [2.45, 2.75) is 45.4 Å². The molecule has 2 aromatic rings. The molecule has 1 fully saturated rings. The summed E-state index contributed by atoms with van der Waals surface area (Å²) in [5.41, 5.74) is 0. The van der Waals surface area contributed by atoms with E-state index in [1.807, 2.05) is 25.5 Å². The van der Waals surface area contributed by atoms with Crippen molar-refractivity contribution in [3.8, 4) is 5.75 Å². The lowest BCUT2D eigenvalue weighted by atomic mass is 10.2. The van der Waals surface area contributed by atoms with Crippen LogP contribution in [0.3, 0.4) is 0 Å². The van der Waals surface area contributed by atoms with Gasteiger partial charge in [-0.3, -0.25) is 0 Å². The molecule has 0 bridgehead atoms. The zero-order valence-corrected chi connectivity index (χ0v) is 17.2. The third-order valence-electron chi connectivity index (χ3n) is 4.80. The van der Waals surface area contributed by atoms with E-state index in [9.17, 15) is 4.39 Å². The molecule has 1 aliphatic rings. The van der Waals surface area contributed by atoms with Gasteiger partial charge in [-0.2, -0.15) is 0 Å². The Morgan fingerprint density at radius 3 is 2.90 bits per heavy atom. The molecule has 29 heavy (non-hydrogen) atoms. The number of benzene rings is 1. The lowest BCUT2D eigenvalue weighted by Gasteiger charge is -2.19. The quantitative estimate of drug-likeness (QED) is 0.517. The molecule has 1 aliphatic heterocycles. The first kappa shape index (κ1) is 21.0. The van der Waals surface area contributed by atoms with E-state index < -0.39 is 0 Å². The number of para-hydroxylation sites is 1. The van der Waals surface area contributed by atoms with Gasteiger partial charge in [0.25, 0.3) is 0 Å². The van der Waals surface area contributed by atoms with Crippen LogP contribution in [0.25, 0.3) is 0 Å². The van der Waals surface area contributed by atoms with Crippen molar-refractivity contribution in [1.82, 2.24) is 25.4 Å². The van der Waals surface area contributed by atoms with Gasteiger partial charge in [-0.15, -0.1) is 10.2 Å². The summed E-state index contributed by atoms with van der Waals surface area (Å²) in [4.78, 5) is 4.61. The molecule has 1 aromatic heterocycles. The minimum Gasteiger partial charge on any atom is -0.486 e. The fourth-order valence-electron chi connectivity index (χ4n) is 2.97. The van der Waals surface area contributed by atoms with Crippen molar-refractivity contribution in [2.75, 3.05) is 19.7 Å². The van der Waals surface area contributed by atoms with Gasteiger partial charge >= 0.3 is 0 Å². The number of rotatable bonds is 8. The molecule has 0 radical (unpaired) electrons. The van der Waals surface area contributed by atoms with Crippen LogP contribution in [0.5, 0.6) is 5.75 Å². The third kappa shape index (κ3) is 6.15. The van der Waals surface area contributed by atoms with Crippen LogP contribution in [-0.2, 0) is 18.3 Å². The molecule has 2 N–H and O–H groups in total. The van der Waals surface area contributed by atoms with E-state index in [-0.39, 0.29) is 23.8 Å². The van der Waals surface area contributed by atoms with Crippen LogP contribution >= 0.6 is 0 Å². The van der Waals surface area contributed by atoms with Crippen LogP contribution in [0.1, 0.15) is 31.4 Å². The van der Waals surface area contributed by atoms with Gasteiger partial charge < -0.3 is 24.7 Å². The van der Waals surface area contributed by atoms with Crippen LogP contribution < -0.4 is 15.4 Å². The van der Waals surface area contributed by atoms with Gasteiger partial charge in [-0.05, 0) is 38.8 Å². The number of ether oxygens (including phenoxy) is 2. The highest BCUT2D eigenvalue weighted by Gasteiger charge is 2.16. The Balaban J connectivity index is 1.58. The first-order valence-electron chi connectivity index (χ1n) is 9.92. The smallest absolute Gasteiger partial charge is 0.191 e. The van der Waals surface area contributed by atoms with E-state index in [0.29, 0.717) is 25.6 Å². The number of guanidine groups is 1. The molecule has 0 spiro atoms. The second kappa shape index (κ2) is 10.2. The molecule has 0 saturated carbocycles. The first-order valence-corrected chi connectivity index (χ1v) is 9.92. The van der Waals surface area contributed by atoms with Gasteiger partial charge in [-0.1, -0.05) is 12.1 Å². The number of nitrogens with zero attached hydrogens (tertiary/aromatic N) is 4. The van der Waals surface area contributed by atoms with Gasteiger partial charge in [0, 0.05) is 20.2 Å². The number of aryl methyl sites for hydroxylation is 1. The number of nitrogens with one attached hydrogen (secondary N) is 2. The maximum absolute atomic E-state index is 13.8. The van der Waals surface area contributed by atoms with E-state index in [4.69, 9.17) is 9.47 Å². The summed E-state index contributed by atoms with van der Waals surface area (Å²) in [6.07, 6.45) is 2.05. The van der Waals surface area contributed by atoms with E-state index >= 15 is 0 Å². The predicted molar refractivity (Wildman–Crippen MR) is 108 cm³/mol. The number of halogens is 1. The maximum Gasteiger partial charge on any atom is 0.191 e. The van der Waals surface area contributed by atoms with Crippen molar-refractivity contribution < 1.29 is 13.9 Å². The van der Waals surface area contributed by atoms with Crippen LogP contribution in [0.4, 0.5) is 4.39 Å². The normalized spacial score (nSPS) is 17.9. The lowest BCUT2D eigenvalue weighted by Crippen LogP contribution is -2.44. The third-order valence-corrected chi connectivity index (χ3v) is 4.80. The number of hydrogen-bond acceptors (Lipinski definition) is 5. The zero-order chi connectivity index (χ0) is 20.6. The highest BCUT2D eigenvalue weighted by Crippen LogP contribution is 2.16. The van der Waals surface area contributed by atoms with E-state index in [2.05, 4.69) is 25.8 Å². The first-order chi connectivity index (χ1) is 14.0. The fourth-order valence-corrected chi connectivity index (χ4v) is 2.97. The monoisotopic (exact) mass is 404 g/mol. The van der Waals surface area contributed by atoms with Gasteiger partial charge in [0.1, 0.15) is 18.5 Å². The number of aromatic nitrogens is 3. The minimum atomic E-state index is -0.373. The average Bonchev–Trinajstić information content (AvgIpc) is 3.34. The van der Waals surface area contributed by atoms with Crippen molar-refractivity contribution in [3.63, 3.8) is 0 Å². The summed E-state index contributed by atoms with van der Waals surface area (Å²) in [5, 5.41) is 14.8. The molecule has 3 rings (SSSR count). The SMILES string of the molecule is Cc1nnc(CN=C(NCC(C)Oc2ccccc2F)NCC2CCCO2)n1C. The van der Waals surface area contributed by atoms with E-state index in [1.54, 1.807) is 18.2 Å². The molecule has 2 heterocycles. The number of hydrogen-bond donors (Lipinski definition) is 2. The maximum atomic E-state index is 13.8. The van der Waals surface area contributed by atoms with Crippen molar-refractivity contribution in [3.05, 3.63) is 41.7 Å². The van der Waals surface area contributed by atoms with Crippen LogP contribution in [0.2, 0.25) is 0 Å². The molecule has 0 amide bonds. The largest absolute Gasteiger partial charge is 0.486 e. The van der Waals surface area contributed by atoms with Crippen molar-refractivity contribution in [1.29, 1.82) is 0 Å². The van der Waals surface area contributed by atoms with Crippen LogP contribution in [0.15, 0.2) is 29.3 Å². The van der Waals surface area contributed by atoms with Crippen molar-refractivity contribution in [2.24, 2.45) is 12.0 Å². The van der Waals surface area contributed by atoms with Crippen LogP contribution in [-0.4, -0.2) is 52.6 Å². The molecule has 0 aliphatic carbocycles. The van der Waals surface area contributed by atoms with Crippen molar-refractivity contribution >= 4 is 5.96 Å². The van der Waals surface area contributed by atoms with Gasteiger partial charge in [0.05, 0.1) is 12.6 Å². The summed E-state index contributed by atoms with van der Waals surface area (Å²) >= 11 is 0. The highest BCUT2D eigenvalue weighted by molar-refractivity contribution is 5.79. The minimum absolute atomic E-state index is 0.186. The molecule has 2 unspecified atom stereocenters. The van der Waals surface area contributed by atoms with Gasteiger partial charge in [-0.25, -0.2) is 9.38 Å². The standard InChI is InChI=1S/C20H29FN6O2/c1-14(29-18-9-5-4-8-17(18)21)11-22-20(23-12-16-7-6-10-28-16)24-13-19-26-25-15(2)27(19)3/h4-5,8-9,14,16H,6-7,10-13H2,1-3H3,(H2,22,23,24). The van der Waals surface area contributed by atoms with E-state index in [0.717, 1.165) is 31.1 Å². The number of aliphatic imine (C=N–C) groups is 1. The molecular weight excluding hydrogens is 375 g/mol. The Morgan fingerprint density at radius 2 is 2.21 bits per heavy atom. The summed E-state index contributed by atoms with van der Waals surface area (Å²) in [7, 11) is 1.91. The van der Waals surface area contributed by atoms with E-state index in [1.165, 1.54) is 6.07 Å². The Hall–Kier alpha value is -2.68. The molecule has 1 saturated heterocycles. The summed E-state index contributed by atoms with van der Waals surface area (Å²) < 4.78 is 27.0.